The number of benzene rings is 1. The number of carbonyl (C=O) groups is 2. The number of esters is 1. The largest absolute Gasteiger partial charge is 0.465 e. The lowest BCUT2D eigenvalue weighted by atomic mass is 10.2. The van der Waals surface area contributed by atoms with E-state index in [1.807, 2.05) is 0 Å². The fourth-order valence-electron chi connectivity index (χ4n) is 1.54. The molecule has 0 N–H and O–H groups in total. The van der Waals surface area contributed by atoms with Crippen LogP contribution in [0.5, 0.6) is 0 Å². The maximum Gasteiger partial charge on any atom is 0.337 e. The van der Waals surface area contributed by atoms with Gasteiger partial charge in [-0.2, -0.15) is 4.31 Å². The third-order valence-electron chi connectivity index (χ3n) is 2.90. The fourth-order valence-corrected chi connectivity index (χ4v) is 3.17. The molecule has 1 aromatic rings. The van der Waals surface area contributed by atoms with Crippen LogP contribution in [0, 0.1) is 0 Å². The molecule has 1 aromatic carbocycles. The molecule has 0 spiro atoms. The topological polar surface area (TPSA) is 84.0 Å². The van der Waals surface area contributed by atoms with Gasteiger partial charge in [-0.05, 0) is 18.2 Å². The molecule has 0 aliphatic heterocycles. The van der Waals surface area contributed by atoms with Crippen molar-refractivity contribution < 1.29 is 22.7 Å². The van der Waals surface area contributed by atoms with Crippen LogP contribution < -0.4 is 0 Å². The summed E-state index contributed by atoms with van der Waals surface area (Å²) in [5.41, 5.74) is 0.137. The van der Waals surface area contributed by atoms with E-state index in [9.17, 15) is 18.0 Å². The Hall–Kier alpha value is -1.64. The third-order valence-corrected chi connectivity index (χ3v) is 5.18. The molecule has 0 aromatic heterocycles. The summed E-state index contributed by atoms with van der Waals surface area (Å²) in [5.74, 6) is -0.990. The minimum Gasteiger partial charge on any atom is -0.465 e. The molecule has 7 nitrogen and oxygen atoms in total. The Kier molecular flexibility index (Phi) is 5.92. The molecule has 0 aliphatic rings. The van der Waals surface area contributed by atoms with Crippen LogP contribution in [0.1, 0.15) is 10.4 Å². The highest BCUT2D eigenvalue weighted by molar-refractivity contribution is 7.89. The maximum absolute atomic E-state index is 12.4. The van der Waals surface area contributed by atoms with Crippen molar-refractivity contribution in [3.63, 3.8) is 0 Å². The van der Waals surface area contributed by atoms with Gasteiger partial charge in [0, 0.05) is 21.1 Å². The van der Waals surface area contributed by atoms with Crippen LogP contribution in [-0.2, 0) is 19.6 Å². The number of amides is 1. The highest BCUT2D eigenvalue weighted by atomic mass is 35.5. The van der Waals surface area contributed by atoms with Crippen LogP contribution >= 0.6 is 11.6 Å². The van der Waals surface area contributed by atoms with Gasteiger partial charge < -0.3 is 9.64 Å². The minimum atomic E-state index is -3.95. The highest BCUT2D eigenvalue weighted by Crippen LogP contribution is 2.25. The zero-order valence-electron chi connectivity index (χ0n) is 12.7. The highest BCUT2D eigenvalue weighted by Gasteiger charge is 2.26. The van der Waals surface area contributed by atoms with Gasteiger partial charge in [-0.25, -0.2) is 13.2 Å². The van der Waals surface area contributed by atoms with Gasteiger partial charge in [0.25, 0.3) is 0 Å². The molecule has 0 unspecified atom stereocenters. The standard InChI is InChI=1S/C13H17ClN2O5S/c1-15(2)12(17)8-16(3)22(19,20)11-6-5-9(7-10(11)14)13(18)21-4/h5-7H,8H2,1-4H3. The van der Waals surface area contributed by atoms with Gasteiger partial charge in [-0.1, -0.05) is 11.6 Å². The summed E-state index contributed by atoms with van der Waals surface area (Å²) in [6.45, 7) is -0.315. The molecule has 122 valence electrons. The predicted molar refractivity (Wildman–Crippen MR) is 81.3 cm³/mol. The lowest BCUT2D eigenvalue weighted by Crippen LogP contribution is -2.37. The monoisotopic (exact) mass is 348 g/mol. The van der Waals surface area contributed by atoms with Crippen molar-refractivity contribution >= 4 is 33.5 Å². The first-order valence-electron chi connectivity index (χ1n) is 6.15. The second-order valence-electron chi connectivity index (χ2n) is 4.69. The number of sulfonamides is 1. The Morgan fingerprint density at radius 3 is 2.27 bits per heavy atom. The number of likely N-dealkylation sites (N-methyl/N-ethyl adjacent to an activating group) is 2. The first kappa shape index (κ1) is 18.4. The van der Waals surface area contributed by atoms with E-state index in [4.69, 9.17) is 11.6 Å². The van der Waals surface area contributed by atoms with Gasteiger partial charge in [-0.3, -0.25) is 4.79 Å². The van der Waals surface area contributed by atoms with Crippen LogP contribution in [0.4, 0.5) is 0 Å². The molecule has 0 saturated carbocycles. The average Bonchev–Trinajstić information content (AvgIpc) is 2.45. The first-order valence-corrected chi connectivity index (χ1v) is 7.97. The van der Waals surface area contributed by atoms with E-state index >= 15 is 0 Å². The van der Waals surface area contributed by atoms with Crippen molar-refractivity contribution in [2.45, 2.75) is 4.90 Å². The van der Waals surface area contributed by atoms with Crippen LogP contribution in [-0.4, -0.2) is 64.3 Å². The number of ether oxygens (including phenoxy) is 1. The van der Waals surface area contributed by atoms with Crippen LogP contribution in [0.15, 0.2) is 23.1 Å². The van der Waals surface area contributed by atoms with E-state index in [1.54, 1.807) is 0 Å². The summed E-state index contributed by atoms with van der Waals surface area (Å²) in [5, 5.41) is -0.118. The number of carbonyl (C=O) groups excluding carboxylic acids is 2. The number of nitrogens with zero attached hydrogens (tertiary/aromatic N) is 2. The normalized spacial score (nSPS) is 11.4. The number of halogens is 1. The number of rotatable bonds is 5. The smallest absolute Gasteiger partial charge is 0.337 e. The zero-order valence-corrected chi connectivity index (χ0v) is 14.2. The van der Waals surface area contributed by atoms with Gasteiger partial charge in [0.1, 0.15) is 4.90 Å². The van der Waals surface area contributed by atoms with E-state index in [-0.39, 0.29) is 27.9 Å². The molecular formula is C13H17ClN2O5S. The van der Waals surface area contributed by atoms with E-state index in [1.165, 1.54) is 51.4 Å². The lowest BCUT2D eigenvalue weighted by Gasteiger charge is -2.19. The maximum atomic E-state index is 12.4. The van der Waals surface area contributed by atoms with Crippen LogP contribution in [0.3, 0.4) is 0 Å². The van der Waals surface area contributed by atoms with E-state index < -0.39 is 16.0 Å². The molecule has 0 fully saturated rings. The summed E-state index contributed by atoms with van der Waals surface area (Å²) in [7, 11) is 1.60. The summed E-state index contributed by atoms with van der Waals surface area (Å²) >= 11 is 5.95. The molecule has 0 saturated heterocycles. The zero-order chi connectivity index (χ0) is 17.1. The average molecular weight is 349 g/mol. The second-order valence-corrected chi connectivity index (χ2v) is 7.11. The Bertz CT molecular complexity index is 688. The first-order chi connectivity index (χ1) is 10.1. The summed E-state index contributed by atoms with van der Waals surface area (Å²) < 4.78 is 30.3. The van der Waals surface area contributed by atoms with Crippen molar-refractivity contribution in [1.29, 1.82) is 0 Å². The minimum absolute atomic E-state index is 0.118. The summed E-state index contributed by atoms with van der Waals surface area (Å²) in [6, 6.07) is 3.72. The molecule has 0 heterocycles. The van der Waals surface area contributed by atoms with E-state index in [0.29, 0.717) is 0 Å². The number of hydrogen-bond donors (Lipinski definition) is 0. The molecule has 1 amide bonds. The molecular weight excluding hydrogens is 332 g/mol. The van der Waals surface area contributed by atoms with Gasteiger partial charge in [-0.15, -0.1) is 0 Å². The second kappa shape index (κ2) is 7.08. The Morgan fingerprint density at radius 2 is 1.82 bits per heavy atom. The van der Waals surface area contributed by atoms with Crippen molar-refractivity contribution in [3.8, 4) is 0 Å². The van der Waals surface area contributed by atoms with Crippen LogP contribution in [0.2, 0.25) is 5.02 Å². The Morgan fingerprint density at radius 1 is 1.23 bits per heavy atom. The molecule has 0 bridgehead atoms. The van der Waals surface area contributed by atoms with Crippen molar-refractivity contribution in [2.24, 2.45) is 0 Å². The molecule has 1 rings (SSSR count). The van der Waals surface area contributed by atoms with Crippen molar-refractivity contribution in [2.75, 3.05) is 34.8 Å². The van der Waals surface area contributed by atoms with Crippen LogP contribution in [0.25, 0.3) is 0 Å². The molecule has 0 aliphatic carbocycles. The molecule has 0 atom stereocenters. The van der Waals surface area contributed by atoms with Gasteiger partial charge in [0.2, 0.25) is 15.9 Å². The number of methoxy groups -OCH3 is 1. The summed E-state index contributed by atoms with van der Waals surface area (Å²) in [4.78, 5) is 24.1. The van der Waals surface area contributed by atoms with E-state index in [2.05, 4.69) is 4.74 Å². The SMILES string of the molecule is COC(=O)c1ccc(S(=O)(=O)N(C)CC(=O)N(C)C)c(Cl)c1. The van der Waals surface area contributed by atoms with Crippen molar-refractivity contribution in [3.05, 3.63) is 28.8 Å². The van der Waals surface area contributed by atoms with Crippen molar-refractivity contribution in [1.82, 2.24) is 9.21 Å². The van der Waals surface area contributed by atoms with Gasteiger partial charge in [0.05, 0.1) is 24.2 Å². The molecule has 9 heteroatoms. The fraction of sp³-hybridized carbons (Fsp3) is 0.385. The quantitative estimate of drug-likeness (QED) is 0.736. The lowest BCUT2D eigenvalue weighted by molar-refractivity contribution is -0.128. The molecule has 22 heavy (non-hydrogen) atoms. The number of hydrogen-bond acceptors (Lipinski definition) is 5. The third kappa shape index (κ3) is 3.96. The van der Waals surface area contributed by atoms with Gasteiger partial charge >= 0.3 is 5.97 Å². The van der Waals surface area contributed by atoms with Gasteiger partial charge in [0.15, 0.2) is 0 Å². The summed E-state index contributed by atoms with van der Waals surface area (Å²) in [6.07, 6.45) is 0. The Labute approximate surface area is 134 Å². The molecule has 0 radical (unpaired) electrons. The van der Waals surface area contributed by atoms with E-state index in [0.717, 1.165) is 4.31 Å². The Balaban J connectivity index is 3.13. The predicted octanol–water partition coefficient (Wildman–Crippen LogP) is 0.835.